The van der Waals surface area contributed by atoms with Gasteiger partial charge in [-0.25, -0.2) is 4.57 Å². The van der Waals surface area contributed by atoms with E-state index in [-0.39, 0.29) is 19.4 Å². The summed E-state index contributed by atoms with van der Waals surface area (Å²) in [6.07, 6.45) is 48.0. The molecule has 9 heteroatoms. The molecule has 1 atom stereocenters. The maximum atomic E-state index is 12.4. The molecule has 0 fully saturated rings. The minimum Gasteiger partial charge on any atom is -0.462 e. The van der Waals surface area contributed by atoms with Crippen molar-refractivity contribution >= 4 is 19.8 Å². The summed E-state index contributed by atoms with van der Waals surface area (Å²) in [5.41, 5.74) is 0. The van der Waals surface area contributed by atoms with Crippen LogP contribution in [0, 0.1) is 0 Å². The third kappa shape index (κ3) is 40.5. The van der Waals surface area contributed by atoms with Gasteiger partial charge in [-0.15, -0.1) is 0 Å². The van der Waals surface area contributed by atoms with E-state index in [0.717, 1.165) is 51.4 Å². The second kappa shape index (κ2) is 38.5. The van der Waals surface area contributed by atoms with Gasteiger partial charge in [-0.2, -0.15) is 0 Å². The van der Waals surface area contributed by atoms with Gasteiger partial charge in [-0.1, -0.05) is 152 Å². The van der Waals surface area contributed by atoms with Crippen molar-refractivity contribution in [3.05, 3.63) is 60.8 Å². The van der Waals surface area contributed by atoms with Crippen molar-refractivity contribution in [2.75, 3.05) is 13.2 Å². The smallest absolute Gasteiger partial charge is 0.462 e. The van der Waals surface area contributed by atoms with Gasteiger partial charge in [0.25, 0.3) is 0 Å². The molecule has 52 heavy (non-hydrogen) atoms. The van der Waals surface area contributed by atoms with Gasteiger partial charge < -0.3 is 19.3 Å². The van der Waals surface area contributed by atoms with Crippen molar-refractivity contribution in [1.29, 1.82) is 0 Å². The summed E-state index contributed by atoms with van der Waals surface area (Å²) in [7, 11) is -4.77. The fourth-order valence-corrected chi connectivity index (χ4v) is 5.78. The third-order valence-electron chi connectivity index (χ3n) is 8.51. The second-order valence-electron chi connectivity index (χ2n) is 13.6. The monoisotopic (exact) mass is 751 g/mol. The van der Waals surface area contributed by atoms with Gasteiger partial charge in [0.1, 0.15) is 6.61 Å². The summed E-state index contributed by atoms with van der Waals surface area (Å²) in [4.78, 5) is 42.8. The van der Waals surface area contributed by atoms with Crippen LogP contribution < -0.4 is 0 Å². The number of rotatable bonds is 37. The molecule has 0 aromatic heterocycles. The van der Waals surface area contributed by atoms with Crippen LogP contribution in [0.2, 0.25) is 0 Å². The van der Waals surface area contributed by atoms with E-state index in [2.05, 4.69) is 73.1 Å². The topological polar surface area (TPSA) is 119 Å². The predicted octanol–water partition coefficient (Wildman–Crippen LogP) is 12.5. The zero-order valence-electron chi connectivity index (χ0n) is 32.9. The fourth-order valence-electron chi connectivity index (χ4n) is 5.42. The van der Waals surface area contributed by atoms with Gasteiger partial charge in [0.2, 0.25) is 0 Å². The maximum absolute atomic E-state index is 12.4. The Morgan fingerprint density at radius 3 is 1.40 bits per heavy atom. The van der Waals surface area contributed by atoms with Crippen LogP contribution in [0.5, 0.6) is 0 Å². The molecule has 0 aliphatic rings. The average molecular weight is 751 g/mol. The van der Waals surface area contributed by atoms with E-state index in [1.165, 1.54) is 89.9 Å². The van der Waals surface area contributed by atoms with Crippen molar-refractivity contribution in [3.8, 4) is 0 Å². The molecule has 0 heterocycles. The van der Waals surface area contributed by atoms with Gasteiger partial charge in [0, 0.05) is 12.8 Å². The van der Waals surface area contributed by atoms with Crippen LogP contribution in [0.25, 0.3) is 0 Å². The molecule has 0 unspecified atom stereocenters. The zero-order chi connectivity index (χ0) is 38.2. The van der Waals surface area contributed by atoms with E-state index in [1.54, 1.807) is 0 Å². The molecule has 0 radical (unpaired) electrons. The average Bonchev–Trinajstić information content (AvgIpc) is 3.11. The molecule has 0 bridgehead atoms. The lowest BCUT2D eigenvalue weighted by molar-refractivity contribution is -0.161. The van der Waals surface area contributed by atoms with Gasteiger partial charge >= 0.3 is 19.8 Å². The maximum Gasteiger partial charge on any atom is 0.469 e. The molecule has 0 aliphatic carbocycles. The predicted molar refractivity (Wildman–Crippen MR) is 216 cm³/mol. The third-order valence-corrected chi connectivity index (χ3v) is 8.99. The number of carbonyl (C=O) groups excluding carboxylic acids is 2. The molecule has 0 rings (SSSR count). The van der Waals surface area contributed by atoms with E-state index < -0.39 is 32.5 Å². The first-order valence-electron chi connectivity index (χ1n) is 20.6. The molecule has 2 N–H and O–H groups in total. The molecule has 0 saturated carbocycles. The van der Waals surface area contributed by atoms with Gasteiger partial charge in [0.05, 0.1) is 6.61 Å². The highest BCUT2D eigenvalue weighted by atomic mass is 31.2. The molecule has 0 aliphatic heterocycles. The highest BCUT2D eigenvalue weighted by Crippen LogP contribution is 2.36. The van der Waals surface area contributed by atoms with E-state index >= 15 is 0 Å². The quantitative estimate of drug-likeness (QED) is 0.0279. The number of carbonyl (C=O) groups is 2. The Labute approximate surface area is 317 Å². The van der Waals surface area contributed by atoms with Crippen molar-refractivity contribution in [2.24, 2.45) is 0 Å². The molecule has 300 valence electrons. The summed E-state index contributed by atoms with van der Waals surface area (Å²) < 4.78 is 26.3. The SMILES string of the molecule is CCCCC/C=C\C/C=C\C/C=C\C/C=C\CCCC(=O)OC[C@H](COP(=O)(O)O)OC(=O)CCCCCCCCC/C=C\CCCCCCCC. The van der Waals surface area contributed by atoms with Crippen LogP contribution in [0.15, 0.2) is 60.8 Å². The molecule has 0 spiro atoms. The van der Waals surface area contributed by atoms with E-state index in [0.29, 0.717) is 12.8 Å². The Morgan fingerprint density at radius 2 is 0.885 bits per heavy atom. The first-order chi connectivity index (χ1) is 25.3. The van der Waals surface area contributed by atoms with Crippen molar-refractivity contribution in [2.45, 2.75) is 187 Å². The summed E-state index contributed by atoms with van der Waals surface area (Å²) >= 11 is 0. The van der Waals surface area contributed by atoms with Gasteiger partial charge in [-0.3, -0.25) is 14.1 Å². The van der Waals surface area contributed by atoms with Crippen LogP contribution in [0.3, 0.4) is 0 Å². The summed E-state index contributed by atoms with van der Waals surface area (Å²) in [6.45, 7) is 3.60. The number of phosphoric acid groups is 1. The van der Waals surface area contributed by atoms with E-state index in [9.17, 15) is 14.2 Å². The Hall–Kier alpha value is -2.25. The fraction of sp³-hybridized carbons (Fsp3) is 0.721. The van der Waals surface area contributed by atoms with E-state index in [4.69, 9.17) is 19.3 Å². The highest BCUT2D eigenvalue weighted by molar-refractivity contribution is 7.46. The normalized spacial score (nSPS) is 13.1. The molecule has 0 aromatic rings. The Morgan fingerprint density at radius 1 is 0.500 bits per heavy atom. The summed E-state index contributed by atoms with van der Waals surface area (Å²) in [5.74, 6) is -0.957. The Kier molecular flexibility index (Phi) is 36.8. The first kappa shape index (κ1) is 49.8. The molecular weight excluding hydrogens is 675 g/mol. The van der Waals surface area contributed by atoms with Gasteiger partial charge in [-0.05, 0) is 77.0 Å². The molecule has 0 amide bonds. The van der Waals surface area contributed by atoms with E-state index in [1.807, 2.05) is 6.08 Å². The second-order valence-corrected chi connectivity index (χ2v) is 14.8. The Bertz CT molecular complexity index is 1030. The lowest BCUT2D eigenvalue weighted by atomic mass is 10.1. The first-order valence-corrected chi connectivity index (χ1v) is 22.1. The number of ether oxygens (including phenoxy) is 2. The highest BCUT2D eigenvalue weighted by Gasteiger charge is 2.22. The number of phosphoric ester groups is 1. The standard InChI is InChI=1S/C43H75O8P/c1-3-5-7-9-11-13-15-17-19-21-23-25-27-29-31-33-35-37-42(44)49-39-41(40-50-52(46,47)48)51-43(45)38-36-34-32-30-28-26-24-22-20-18-16-14-12-10-8-6-4-2/h11,13,17-20,23,25,29,31,41H,3-10,12,14-16,21-22,24,26-28,30,32-40H2,1-2H3,(H2,46,47,48)/b13-11-,19-17-,20-18-,25-23-,31-29-/t41-/m1/s1. The number of unbranched alkanes of at least 4 members (excludes halogenated alkanes) is 17. The lowest BCUT2D eigenvalue weighted by Crippen LogP contribution is -2.29. The van der Waals surface area contributed by atoms with Crippen LogP contribution in [-0.2, 0) is 28.2 Å². The largest absolute Gasteiger partial charge is 0.469 e. The molecule has 0 saturated heterocycles. The van der Waals surface area contributed by atoms with Crippen molar-refractivity contribution in [3.63, 3.8) is 0 Å². The van der Waals surface area contributed by atoms with Gasteiger partial charge in [0.15, 0.2) is 6.10 Å². The Balaban J connectivity index is 4.04. The minimum absolute atomic E-state index is 0.188. The van der Waals surface area contributed by atoms with Crippen molar-refractivity contribution in [1.82, 2.24) is 0 Å². The number of allylic oxidation sites excluding steroid dienone is 10. The van der Waals surface area contributed by atoms with Crippen LogP contribution in [0.4, 0.5) is 0 Å². The van der Waals surface area contributed by atoms with Crippen LogP contribution in [0.1, 0.15) is 181 Å². The van der Waals surface area contributed by atoms with Crippen molar-refractivity contribution < 1.29 is 37.9 Å². The number of esters is 2. The summed E-state index contributed by atoms with van der Waals surface area (Å²) in [6, 6.07) is 0. The zero-order valence-corrected chi connectivity index (χ0v) is 33.8. The minimum atomic E-state index is -4.77. The molecule has 8 nitrogen and oxygen atoms in total. The van der Waals surface area contributed by atoms with Crippen LogP contribution in [-0.4, -0.2) is 41.0 Å². The number of hydrogen-bond acceptors (Lipinski definition) is 6. The molecule has 0 aromatic carbocycles. The van der Waals surface area contributed by atoms with Crippen LogP contribution >= 0.6 is 7.82 Å². The molecular formula is C43H75O8P. The summed E-state index contributed by atoms with van der Waals surface area (Å²) in [5, 5.41) is 0. The number of hydrogen-bond donors (Lipinski definition) is 2. The lowest BCUT2D eigenvalue weighted by Gasteiger charge is -2.18.